The van der Waals surface area contributed by atoms with Gasteiger partial charge in [-0.15, -0.1) is 24.8 Å². The van der Waals surface area contributed by atoms with Crippen molar-refractivity contribution in [1.82, 2.24) is 0 Å². The molecular weight excluding hydrogens is 490 g/mol. The molecule has 0 saturated heterocycles. The van der Waals surface area contributed by atoms with E-state index in [0.29, 0.717) is 7.25 Å². The minimum atomic E-state index is -2.82. The van der Waals surface area contributed by atoms with E-state index in [1.807, 2.05) is 0 Å². The van der Waals surface area contributed by atoms with E-state index >= 15 is 0 Å². The molecule has 0 spiro atoms. The van der Waals surface area contributed by atoms with Gasteiger partial charge in [0.1, 0.15) is 0 Å². The minimum absolute atomic E-state index is 0. The molecule has 0 saturated carbocycles. The third-order valence-electron chi connectivity index (χ3n) is 6.60. The van der Waals surface area contributed by atoms with Crippen molar-refractivity contribution in [1.29, 1.82) is 0 Å². The molecule has 4 heteroatoms. The standard InChI is InChI=1S/2C9H7.C6H5.CH5Si.2ClH.Zr/c2*1-2-5-9-7-3-6-8(9)4-1;1-2-4-6-5-3-1;1-2;;;/h2*1-7H;1-5H;2H2,1H3;2*1H;. The van der Waals surface area contributed by atoms with Gasteiger partial charge in [-0.05, 0) is 0 Å². The van der Waals surface area contributed by atoms with Crippen LogP contribution in [0.15, 0.2) is 91.0 Å². The SMILES string of the molecule is C[SiH2][Zr]([c]1ccccc1)([CH]1C=Cc2ccccc21)[CH]1C=Cc2ccccc21.Cl.Cl. The van der Waals surface area contributed by atoms with Gasteiger partial charge in [0.05, 0.1) is 0 Å². The summed E-state index contributed by atoms with van der Waals surface area (Å²) in [6, 6.07) is 29.8. The van der Waals surface area contributed by atoms with Crippen LogP contribution in [0.25, 0.3) is 12.2 Å². The van der Waals surface area contributed by atoms with E-state index in [1.54, 1.807) is 14.4 Å². The molecule has 0 amide bonds. The quantitative estimate of drug-likeness (QED) is 0.375. The molecule has 3 aromatic carbocycles. The topological polar surface area (TPSA) is 0 Å². The van der Waals surface area contributed by atoms with Crippen molar-refractivity contribution < 1.29 is 19.4 Å². The third-order valence-corrected chi connectivity index (χ3v) is 35.4. The van der Waals surface area contributed by atoms with Crippen LogP contribution in [0.2, 0.25) is 6.55 Å². The fraction of sp³-hybridized carbons (Fsp3) is 0.120. The van der Waals surface area contributed by atoms with Crippen LogP contribution in [-0.2, 0) is 19.4 Å². The second-order valence-electron chi connectivity index (χ2n) is 7.69. The first-order chi connectivity index (χ1) is 13.3. The molecule has 0 fully saturated rings. The average molecular weight is 517 g/mol. The molecule has 0 radical (unpaired) electrons. The van der Waals surface area contributed by atoms with Crippen LogP contribution >= 0.6 is 24.8 Å². The Morgan fingerprint density at radius 1 is 0.621 bits per heavy atom. The number of halogens is 2. The fourth-order valence-corrected chi connectivity index (χ4v) is 32.6. The Hall–Kier alpha value is -1.18. The monoisotopic (exact) mass is 514 g/mol. The Balaban J connectivity index is 0.00000120. The van der Waals surface area contributed by atoms with E-state index in [4.69, 9.17) is 0 Å². The summed E-state index contributed by atoms with van der Waals surface area (Å²) in [5.74, 6) is 0. The van der Waals surface area contributed by atoms with E-state index in [0.717, 1.165) is 0 Å². The number of fused-ring (bicyclic) bond motifs is 2. The van der Waals surface area contributed by atoms with Crippen LogP contribution in [0.5, 0.6) is 0 Å². The second-order valence-corrected chi connectivity index (χ2v) is 30.1. The molecule has 2 unspecified atom stereocenters. The van der Waals surface area contributed by atoms with E-state index in [2.05, 4.69) is 110 Å². The van der Waals surface area contributed by atoms with Gasteiger partial charge >= 0.3 is 169 Å². The van der Waals surface area contributed by atoms with Gasteiger partial charge in [-0.2, -0.15) is 0 Å². The first kappa shape index (κ1) is 22.5. The van der Waals surface area contributed by atoms with Crippen molar-refractivity contribution in [2.45, 2.75) is 13.8 Å². The molecule has 2 atom stereocenters. The Labute approximate surface area is 192 Å². The van der Waals surface area contributed by atoms with Gasteiger partial charge in [-0.3, -0.25) is 0 Å². The summed E-state index contributed by atoms with van der Waals surface area (Å²) in [6.45, 7) is 2.38. The van der Waals surface area contributed by atoms with Crippen LogP contribution in [-0.4, -0.2) is 6.65 Å². The zero-order chi connectivity index (χ0) is 18.3. The van der Waals surface area contributed by atoms with Crippen molar-refractivity contribution in [3.63, 3.8) is 0 Å². The predicted octanol–water partition coefficient (Wildman–Crippen LogP) is 5.98. The maximum Gasteiger partial charge on any atom is -0.147 e. The summed E-state index contributed by atoms with van der Waals surface area (Å²) in [5, 5.41) is 0. The van der Waals surface area contributed by atoms with E-state index in [1.165, 1.54) is 11.1 Å². The Morgan fingerprint density at radius 3 is 1.55 bits per heavy atom. The number of rotatable bonds is 4. The Bertz CT molecular complexity index is 984. The van der Waals surface area contributed by atoms with Gasteiger partial charge in [-0.1, -0.05) is 0 Å². The molecule has 0 bridgehead atoms. The number of allylic oxidation sites excluding steroid dienone is 2. The summed E-state index contributed by atoms with van der Waals surface area (Å²) in [5.41, 5.74) is 6.06. The van der Waals surface area contributed by atoms with Gasteiger partial charge in [0.25, 0.3) is 0 Å². The second kappa shape index (κ2) is 9.31. The zero-order valence-corrected chi connectivity index (χ0v) is 22.0. The van der Waals surface area contributed by atoms with Crippen molar-refractivity contribution in [3.05, 3.63) is 113 Å². The molecule has 0 nitrogen and oxygen atoms in total. The van der Waals surface area contributed by atoms with Crippen LogP contribution in [0.3, 0.4) is 0 Å². The summed E-state index contributed by atoms with van der Waals surface area (Å²) >= 11 is -2.82. The van der Waals surface area contributed by atoms with E-state index in [-0.39, 0.29) is 31.5 Å². The summed E-state index contributed by atoms with van der Waals surface area (Å²) in [6.07, 6.45) is 9.92. The van der Waals surface area contributed by atoms with E-state index < -0.39 is 19.4 Å². The van der Waals surface area contributed by atoms with Crippen LogP contribution in [0.1, 0.15) is 29.5 Å². The van der Waals surface area contributed by atoms with Gasteiger partial charge in [0, 0.05) is 0 Å². The molecule has 0 aromatic heterocycles. The predicted molar refractivity (Wildman–Crippen MR) is 131 cm³/mol. The maximum atomic E-state index is 2.59. The van der Waals surface area contributed by atoms with Crippen LogP contribution in [0.4, 0.5) is 0 Å². The minimum Gasteiger partial charge on any atom is -0.147 e. The van der Waals surface area contributed by atoms with Gasteiger partial charge < -0.3 is 0 Å². The van der Waals surface area contributed by atoms with Crippen molar-refractivity contribution in [2.24, 2.45) is 0 Å². The molecule has 2 aliphatic carbocycles. The first-order valence-corrected chi connectivity index (χ1v) is 21.3. The molecule has 0 N–H and O–H groups in total. The molecule has 3 aromatic rings. The largest absolute Gasteiger partial charge is 0.147 e. The third kappa shape index (κ3) is 3.59. The molecule has 29 heavy (non-hydrogen) atoms. The Kier molecular flexibility index (Phi) is 7.23. The van der Waals surface area contributed by atoms with E-state index in [9.17, 15) is 0 Å². The molecule has 148 valence electrons. The van der Waals surface area contributed by atoms with Crippen LogP contribution < -0.4 is 3.27 Å². The van der Waals surface area contributed by atoms with Crippen LogP contribution in [0, 0.1) is 0 Å². The average Bonchev–Trinajstić information content (AvgIpc) is 3.36. The summed E-state index contributed by atoms with van der Waals surface area (Å²) in [4.78, 5) is 0. The number of hydrogen-bond acceptors (Lipinski definition) is 0. The Morgan fingerprint density at radius 2 is 1.07 bits per heavy atom. The van der Waals surface area contributed by atoms with Gasteiger partial charge in [0.15, 0.2) is 0 Å². The van der Waals surface area contributed by atoms with Crippen molar-refractivity contribution in [2.75, 3.05) is 0 Å². The molecular formula is C25H26Cl2SiZr. The molecule has 5 rings (SSSR count). The molecule has 0 aliphatic heterocycles. The number of hydrogen-bond donors (Lipinski definition) is 0. The fourth-order valence-electron chi connectivity index (χ4n) is 5.34. The van der Waals surface area contributed by atoms with Gasteiger partial charge in [0.2, 0.25) is 0 Å². The smallest absolute Gasteiger partial charge is 0.147 e. The number of benzene rings is 3. The normalized spacial score (nSPS) is 20.6. The summed E-state index contributed by atoms with van der Waals surface area (Å²) < 4.78 is 3.00. The molecule has 0 heterocycles. The first-order valence-electron chi connectivity index (χ1n) is 9.94. The zero-order valence-electron chi connectivity index (χ0n) is 16.5. The van der Waals surface area contributed by atoms with Crippen molar-refractivity contribution >= 4 is 46.9 Å². The molecule has 2 aliphatic rings. The van der Waals surface area contributed by atoms with Gasteiger partial charge in [-0.25, -0.2) is 0 Å². The summed E-state index contributed by atoms with van der Waals surface area (Å²) in [7, 11) is 0. The maximum absolute atomic E-state index is 2.82. The van der Waals surface area contributed by atoms with Crippen molar-refractivity contribution in [3.8, 4) is 0 Å².